The van der Waals surface area contributed by atoms with Gasteiger partial charge in [-0.25, -0.2) is 4.39 Å². The van der Waals surface area contributed by atoms with Crippen molar-refractivity contribution in [1.82, 2.24) is 10.2 Å². The molecule has 2 N–H and O–H groups in total. The average Bonchev–Trinajstić information content (AvgIpc) is 3.28. The fraction of sp³-hybridized carbons (Fsp3) is 0.594. The predicted octanol–water partition coefficient (Wildman–Crippen LogP) is 6.51. The largest absolute Gasteiger partial charge is 0.480 e. The molecule has 1 saturated carbocycles. The van der Waals surface area contributed by atoms with E-state index >= 15 is 0 Å². The molecule has 0 amide bonds. The lowest BCUT2D eigenvalue weighted by Crippen LogP contribution is -2.43. The molecule has 202 valence electrons. The van der Waals surface area contributed by atoms with Crippen molar-refractivity contribution in [2.24, 2.45) is 17.8 Å². The molecule has 4 nitrogen and oxygen atoms in total. The van der Waals surface area contributed by atoms with E-state index < -0.39 is 12.0 Å². The number of halogens is 1. The molecule has 3 unspecified atom stereocenters. The van der Waals surface area contributed by atoms with E-state index in [1.165, 1.54) is 36.8 Å². The molecule has 4 rings (SSSR count). The van der Waals surface area contributed by atoms with Gasteiger partial charge in [-0.05, 0) is 105 Å². The Hall–Kier alpha value is -2.24. The van der Waals surface area contributed by atoms with Crippen molar-refractivity contribution < 1.29 is 14.3 Å². The van der Waals surface area contributed by atoms with Crippen molar-refractivity contribution in [2.45, 2.75) is 83.2 Å². The number of hydrogen-bond donors (Lipinski definition) is 2. The number of benzene rings is 2. The van der Waals surface area contributed by atoms with Crippen molar-refractivity contribution in [3.8, 4) is 0 Å². The molecule has 1 heterocycles. The molecule has 1 aliphatic carbocycles. The first kappa shape index (κ1) is 27.8. The second-order valence-electron chi connectivity index (χ2n) is 11.9. The van der Waals surface area contributed by atoms with Crippen LogP contribution in [0.3, 0.4) is 0 Å². The molecule has 2 aromatic rings. The number of rotatable bonds is 12. The van der Waals surface area contributed by atoms with E-state index in [0.717, 1.165) is 44.8 Å². The van der Waals surface area contributed by atoms with Crippen LogP contribution in [0.15, 0.2) is 54.6 Å². The lowest BCUT2D eigenvalue weighted by molar-refractivity contribution is -0.140. The quantitative estimate of drug-likeness (QED) is 0.343. The van der Waals surface area contributed by atoms with Crippen molar-refractivity contribution >= 4 is 5.97 Å². The van der Waals surface area contributed by atoms with Crippen molar-refractivity contribution in [3.05, 3.63) is 71.5 Å². The number of nitrogens with one attached hydrogen (secondary N) is 1. The van der Waals surface area contributed by atoms with Crippen LogP contribution in [0.5, 0.6) is 0 Å². The van der Waals surface area contributed by atoms with Crippen molar-refractivity contribution in [2.75, 3.05) is 19.6 Å². The lowest BCUT2D eigenvalue weighted by Gasteiger charge is -2.35. The zero-order valence-corrected chi connectivity index (χ0v) is 22.6. The molecule has 0 spiro atoms. The number of aliphatic carboxylic acids is 1. The summed E-state index contributed by atoms with van der Waals surface area (Å²) in [5, 5.41) is 13.3. The number of carboxylic acids is 1. The minimum atomic E-state index is -0.727. The van der Waals surface area contributed by atoms with Crippen LogP contribution in [-0.4, -0.2) is 47.7 Å². The third kappa shape index (κ3) is 8.38. The molecule has 37 heavy (non-hydrogen) atoms. The van der Waals surface area contributed by atoms with Gasteiger partial charge in [0.25, 0.3) is 0 Å². The Kier molecular flexibility index (Phi) is 10.2. The number of carbonyl (C=O) groups is 1. The van der Waals surface area contributed by atoms with Gasteiger partial charge < -0.3 is 15.3 Å². The zero-order chi connectivity index (χ0) is 26.2. The van der Waals surface area contributed by atoms with E-state index in [9.17, 15) is 14.3 Å². The zero-order valence-electron chi connectivity index (χ0n) is 22.6. The fourth-order valence-electron chi connectivity index (χ4n) is 6.60. The normalized spacial score (nSPS) is 23.9. The highest BCUT2D eigenvalue weighted by Crippen LogP contribution is 2.41. The van der Waals surface area contributed by atoms with E-state index in [4.69, 9.17) is 0 Å². The summed E-state index contributed by atoms with van der Waals surface area (Å²) >= 11 is 0. The molecule has 2 fully saturated rings. The summed E-state index contributed by atoms with van der Waals surface area (Å²) in [6.07, 6.45) is 8.68. The summed E-state index contributed by atoms with van der Waals surface area (Å²) in [4.78, 5) is 14.5. The summed E-state index contributed by atoms with van der Waals surface area (Å²) < 4.78 is 13.1. The number of nitrogens with zero attached hydrogens (tertiary/aromatic N) is 1. The van der Waals surface area contributed by atoms with E-state index in [1.807, 2.05) is 12.1 Å². The Labute approximate surface area is 222 Å². The molecule has 1 aliphatic heterocycles. The van der Waals surface area contributed by atoms with E-state index in [0.29, 0.717) is 24.2 Å². The van der Waals surface area contributed by atoms with Crippen molar-refractivity contribution in [3.63, 3.8) is 0 Å². The van der Waals surface area contributed by atoms with Gasteiger partial charge in [0, 0.05) is 12.6 Å². The van der Waals surface area contributed by atoms with Gasteiger partial charge in [0.15, 0.2) is 0 Å². The monoisotopic (exact) mass is 508 g/mol. The maximum Gasteiger partial charge on any atom is 0.320 e. The predicted molar refractivity (Wildman–Crippen MR) is 148 cm³/mol. The fourth-order valence-corrected chi connectivity index (χ4v) is 6.60. The lowest BCUT2D eigenvalue weighted by atomic mass is 9.87. The smallest absolute Gasteiger partial charge is 0.320 e. The summed E-state index contributed by atoms with van der Waals surface area (Å²) in [7, 11) is 0. The Morgan fingerprint density at radius 3 is 2.41 bits per heavy atom. The summed E-state index contributed by atoms with van der Waals surface area (Å²) in [6.45, 7) is 7.59. The van der Waals surface area contributed by atoms with E-state index in [-0.39, 0.29) is 11.9 Å². The summed E-state index contributed by atoms with van der Waals surface area (Å²) in [5.74, 6) is 1.27. The Balaban J connectivity index is 1.28. The first-order valence-electron chi connectivity index (χ1n) is 14.4. The van der Waals surface area contributed by atoms with Gasteiger partial charge in [-0.2, -0.15) is 0 Å². The second kappa shape index (κ2) is 13.5. The number of carboxylic acid groups (broad SMARTS) is 1. The van der Waals surface area contributed by atoms with Gasteiger partial charge >= 0.3 is 5.97 Å². The number of piperidine rings is 1. The standard InChI is InChI=1S/C32H45FN2O2/c1-23(2)19-31(32(36)37)34-29-20-27(30(21-29)26-9-4-3-5-10-26)22-35-17-15-25(16-18-35)8-6-7-24-11-13-28(33)14-12-24/h3-5,9-14,23,25,27,29-31,34H,6-8,15-22H2,1-2H3,(H,36,37)/t27?,29?,30?,31-/m1/s1. The highest BCUT2D eigenvalue weighted by molar-refractivity contribution is 5.73. The van der Waals surface area contributed by atoms with Crippen LogP contribution >= 0.6 is 0 Å². The maximum atomic E-state index is 13.1. The highest BCUT2D eigenvalue weighted by Gasteiger charge is 2.38. The third-order valence-corrected chi connectivity index (χ3v) is 8.56. The molecular weight excluding hydrogens is 463 g/mol. The molecule has 2 aromatic carbocycles. The SMILES string of the molecule is CC(C)C[C@@H](NC1CC(CN2CCC(CCCc3ccc(F)cc3)CC2)C(c2ccccc2)C1)C(=O)O. The van der Waals surface area contributed by atoms with Crippen LogP contribution < -0.4 is 5.32 Å². The van der Waals surface area contributed by atoms with Crippen LogP contribution in [0.1, 0.15) is 75.8 Å². The van der Waals surface area contributed by atoms with Crippen LogP contribution in [0.4, 0.5) is 4.39 Å². The van der Waals surface area contributed by atoms with Gasteiger partial charge in [0.05, 0.1) is 0 Å². The molecule has 0 bridgehead atoms. The average molecular weight is 509 g/mol. The van der Waals surface area contributed by atoms with E-state index in [1.54, 1.807) is 12.1 Å². The molecule has 0 aromatic heterocycles. The van der Waals surface area contributed by atoms with Gasteiger partial charge in [-0.3, -0.25) is 4.79 Å². The number of likely N-dealkylation sites (tertiary alicyclic amines) is 1. The van der Waals surface area contributed by atoms with E-state index in [2.05, 4.69) is 54.4 Å². The highest BCUT2D eigenvalue weighted by atomic mass is 19.1. The Morgan fingerprint density at radius 1 is 1.05 bits per heavy atom. The molecule has 4 atom stereocenters. The minimum absolute atomic E-state index is 0.160. The van der Waals surface area contributed by atoms with Crippen molar-refractivity contribution in [1.29, 1.82) is 0 Å². The third-order valence-electron chi connectivity index (χ3n) is 8.56. The molecule has 2 aliphatic rings. The molecular formula is C32H45FN2O2. The van der Waals surface area contributed by atoms with Crippen LogP contribution in [0.2, 0.25) is 0 Å². The van der Waals surface area contributed by atoms with Gasteiger partial charge in [0.1, 0.15) is 11.9 Å². The molecule has 0 radical (unpaired) electrons. The minimum Gasteiger partial charge on any atom is -0.480 e. The first-order chi connectivity index (χ1) is 17.9. The summed E-state index contributed by atoms with van der Waals surface area (Å²) in [5.41, 5.74) is 2.62. The Bertz CT molecular complexity index is 957. The molecule has 5 heteroatoms. The van der Waals surface area contributed by atoms with Gasteiger partial charge in [0.2, 0.25) is 0 Å². The second-order valence-corrected chi connectivity index (χ2v) is 11.9. The number of hydrogen-bond acceptors (Lipinski definition) is 3. The first-order valence-corrected chi connectivity index (χ1v) is 14.4. The summed E-state index contributed by atoms with van der Waals surface area (Å²) in [6, 6.07) is 17.5. The van der Waals surface area contributed by atoms with Gasteiger partial charge in [-0.1, -0.05) is 62.7 Å². The Morgan fingerprint density at radius 2 is 1.76 bits per heavy atom. The van der Waals surface area contributed by atoms with Gasteiger partial charge in [-0.15, -0.1) is 0 Å². The molecule has 1 saturated heterocycles. The van der Waals surface area contributed by atoms with Crippen LogP contribution in [0, 0.1) is 23.6 Å². The van der Waals surface area contributed by atoms with Crippen LogP contribution in [0.25, 0.3) is 0 Å². The number of aryl methyl sites for hydroxylation is 1. The topological polar surface area (TPSA) is 52.6 Å². The maximum absolute atomic E-state index is 13.1. The van der Waals surface area contributed by atoms with Crippen LogP contribution in [-0.2, 0) is 11.2 Å².